The van der Waals surface area contributed by atoms with Crippen LogP contribution in [0.15, 0.2) is 66.7 Å². The Labute approximate surface area is 183 Å². The first-order valence-electron chi connectivity index (χ1n) is 9.47. The van der Waals surface area contributed by atoms with Crippen molar-refractivity contribution >= 4 is 5.97 Å². The highest BCUT2D eigenvalue weighted by atomic mass is 16.5. The summed E-state index contributed by atoms with van der Waals surface area (Å²) in [4.78, 5) is 25.3. The van der Waals surface area contributed by atoms with Crippen LogP contribution in [0, 0.1) is 11.3 Å². The summed E-state index contributed by atoms with van der Waals surface area (Å²) in [5, 5.41) is 29.8. The SMILES string of the molecule is COC(=O)c1cccc(-c2nc(-c3ccccc3O)nc(-c3ccc(C#N)cc3O)n2)c1. The van der Waals surface area contributed by atoms with Crippen LogP contribution in [0.3, 0.4) is 0 Å². The molecule has 0 fully saturated rings. The van der Waals surface area contributed by atoms with Gasteiger partial charge in [0.25, 0.3) is 0 Å². The third-order valence-electron chi connectivity index (χ3n) is 4.69. The van der Waals surface area contributed by atoms with Gasteiger partial charge < -0.3 is 14.9 Å². The normalized spacial score (nSPS) is 10.4. The summed E-state index contributed by atoms with van der Waals surface area (Å²) in [6.45, 7) is 0. The summed E-state index contributed by atoms with van der Waals surface area (Å²) in [7, 11) is 1.29. The number of nitriles is 1. The number of rotatable bonds is 4. The molecule has 0 saturated carbocycles. The predicted octanol–water partition coefficient (Wildman–Crippen LogP) is 3.94. The number of methoxy groups -OCH3 is 1. The van der Waals surface area contributed by atoms with Crippen molar-refractivity contribution in [2.45, 2.75) is 0 Å². The van der Waals surface area contributed by atoms with Crippen molar-refractivity contribution in [2.75, 3.05) is 7.11 Å². The van der Waals surface area contributed by atoms with Gasteiger partial charge >= 0.3 is 5.97 Å². The van der Waals surface area contributed by atoms with Crippen molar-refractivity contribution in [3.8, 4) is 51.7 Å². The summed E-state index contributed by atoms with van der Waals surface area (Å²) in [5.74, 6) is -0.167. The van der Waals surface area contributed by atoms with Crippen molar-refractivity contribution in [3.05, 3.63) is 77.9 Å². The van der Waals surface area contributed by atoms with E-state index < -0.39 is 5.97 Å². The summed E-state index contributed by atoms with van der Waals surface area (Å²) < 4.78 is 4.78. The number of hydrogen-bond donors (Lipinski definition) is 2. The quantitative estimate of drug-likeness (QED) is 0.471. The molecule has 0 saturated heterocycles. The van der Waals surface area contributed by atoms with E-state index in [1.807, 2.05) is 6.07 Å². The van der Waals surface area contributed by atoms with Crippen LogP contribution >= 0.6 is 0 Å². The van der Waals surface area contributed by atoms with E-state index >= 15 is 0 Å². The van der Waals surface area contributed by atoms with Gasteiger partial charge in [-0.2, -0.15) is 5.26 Å². The second-order valence-electron chi connectivity index (χ2n) is 6.74. The fourth-order valence-electron chi connectivity index (χ4n) is 3.10. The van der Waals surface area contributed by atoms with E-state index in [2.05, 4.69) is 15.0 Å². The zero-order valence-corrected chi connectivity index (χ0v) is 16.9. The fourth-order valence-corrected chi connectivity index (χ4v) is 3.10. The Morgan fingerprint density at radius 1 is 0.844 bits per heavy atom. The molecular formula is C24H16N4O4. The molecule has 0 atom stereocenters. The monoisotopic (exact) mass is 424 g/mol. The Morgan fingerprint density at radius 3 is 2.19 bits per heavy atom. The van der Waals surface area contributed by atoms with Gasteiger partial charge in [0.05, 0.1) is 35.4 Å². The van der Waals surface area contributed by atoms with Crippen molar-refractivity contribution < 1.29 is 19.7 Å². The fraction of sp³-hybridized carbons (Fsp3) is 0.0417. The first kappa shape index (κ1) is 20.5. The number of phenols is 2. The van der Waals surface area contributed by atoms with E-state index in [-0.39, 0.29) is 40.1 Å². The van der Waals surface area contributed by atoms with Gasteiger partial charge in [-0.3, -0.25) is 0 Å². The Morgan fingerprint density at radius 2 is 1.53 bits per heavy atom. The maximum Gasteiger partial charge on any atom is 0.337 e. The molecule has 1 aromatic heterocycles. The molecule has 0 spiro atoms. The average molecular weight is 424 g/mol. The highest BCUT2D eigenvalue weighted by molar-refractivity contribution is 5.90. The van der Waals surface area contributed by atoms with Crippen LogP contribution in [-0.4, -0.2) is 38.2 Å². The van der Waals surface area contributed by atoms with Crippen LogP contribution in [-0.2, 0) is 4.74 Å². The molecule has 3 aromatic carbocycles. The largest absolute Gasteiger partial charge is 0.507 e. The Balaban J connectivity index is 1.94. The Bertz CT molecular complexity index is 1380. The Kier molecular flexibility index (Phi) is 5.47. The van der Waals surface area contributed by atoms with Crippen molar-refractivity contribution in [1.82, 2.24) is 15.0 Å². The molecule has 4 aromatic rings. The van der Waals surface area contributed by atoms with Crippen molar-refractivity contribution in [2.24, 2.45) is 0 Å². The van der Waals surface area contributed by atoms with Gasteiger partial charge in [0.15, 0.2) is 17.5 Å². The van der Waals surface area contributed by atoms with E-state index in [1.165, 1.54) is 31.4 Å². The number of para-hydroxylation sites is 1. The molecule has 0 amide bonds. The van der Waals surface area contributed by atoms with Gasteiger partial charge in [-0.25, -0.2) is 19.7 Å². The van der Waals surface area contributed by atoms with Gasteiger partial charge in [0.1, 0.15) is 11.5 Å². The lowest BCUT2D eigenvalue weighted by molar-refractivity contribution is 0.0601. The number of aromatic nitrogens is 3. The minimum absolute atomic E-state index is 0.0250. The number of carbonyl (C=O) groups is 1. The molecule has 1 heterocycles. The van der Waals surface area contributed by atoms with Crippen LogP contribution in [0.25, 0.3) is 34.2 Å². The molecule has 32 heavy (non-hydrogen) atoms. The van der Waals surface area contributed by atoms with Crippen LogP contribution < -0.4 is 0 Å². The molecule has 0 bridgehead atoms. The van der Waals surface area contributed by atoms with Crippen LogP contribution in [0.5, 0.6) is 11.5 Å². The van der Waals surface area contributed by atoms with E-state index in [4.69, 9.17) is 10.00 Å². The highest BCUT2D eigenvalue weighted by Gasteiger charge is 2.17. The number of hydrogen-bond acceptors (Lipinski definition) is 8. The maximum absolute atomic E-state index is 12.0. The summed E-state index contributed by atoms with van der Waals surface area (Å²) >= 11 is 0. The first-order valence-corrected chi connectivity index (χ1v) is 9.47. The third-order valence-corrected chi connectivity index (χ3v) is 4.69. The lowest BCUT2D eigenvalue weighted by Crippen LogP contribution is -2.03. The van der Waals surface area contributed by atoms with E-state index in [1.54, 1.807) is 42.5 Å². The number of benzene rings is 3. The second-order valence-corrected chi connectivity index (χ2v) is 6.74. The van der Waals surface area contributed by atoms with Gasteiger partial charge in [-0.15, -0.1) is 0 Å². The first-order chi connectivity index (χ1) is 15.5. The second kappa shape index (κ2) is 8.53. The van der Waals surface area contributed by atoms with Crippen LogP contribution in [0.1, 0.15) is 15.9 Å². The zero-order chi connectivity index (χ0) is 22.7. The maximum atomic E-state index is 12.0. The molecule has 4 rings (SSSR count). The topological polar surface area (TPSA) is 129 Å². The van der Waals surface area contributed by atoms with Crippen LogP contribution in [0.4, 0.5) is 0 Å². The average Bonchev–Trinajstić information content (AvgIpc) is 2.83. The molecule has 2 N–H and O–H groups in total. The number of carbonyl (C=O) groups excluding carboxylic acids is 1. The van der Waals surface area contributed by atoms with Crippen LogP contribution in [0.2, 0.25) is 0 Å². The minimum Gasteiger partial charge on any atom is -0.507 e. The molecular weight excluding hydrogens is 408 g/mol. The molecule has 0 aliphatic heterocycles. The highest BCUT2D eigenvalue weighted by Crippen LogP contribution is 2.32. The van der Waals surface area contributed by atoms with Crippen molar-refractivity contribution in [3.63, 3.8) is 0 Å². The smallest absolute Gasteiger partial charge is 0.337 e. The van der Waals surface area contributed by atoms with Gasteiger partial charge in [0.2, 0.25) is 0 Å². The van der Waals surface area contributed by atoms with Gasteiger partial charge in [0, 0.05) is 5.56 Å². The molecule has 156 valence electrons. The number of aromatic hydroxyl groups is 2. The summed E-state index contributed by atoms with van der Waals surface area (Å²) in [5.41, 5.74) is 1.77. The van der Waals surface area contributed by atoms with Gasteiger partial charge in [-0.05, 0) is 42.5 Å². The molecule has 0 aliphatic rings. The predicted molar refractivity (Wildman–Crippen MR) is 116 cm³/mol. The number of nitrogens with zero attached hydrogens (tertiary/aromatic N) is 4. The summed E-state index contributed by atoms with van der Waals surface area (Å²) in [6.07, 6.45) is 0. The minimum atomic E-state index is -0.508. The van der Waals surface area contributed by atoms with E-state index in [9.17, 15) is 15.0 Å². The molecule has 8 heteroatoms. The summed E-state index contributed by atoms with van der Waals surface area (Å²) in [6, 6.07) is 19.5. The lowest BCUT2D eigenvalue weighted by Gasteiger charge is -2.10. The standard InChI is InChI=1S/C24H16N4O4/c1-32-24(31)16-6-4-5-15(12-16)21-26-22(17-7-2-3-8-19(17)29)28-23(27-21)18-10-9-14(13-25)11-20(18)30/h2-12,29-30H,1H3. The third kappa shape index (κ3) is 3.95. The van der Waals surface area contributed by atoms with E-state index in [0.717, 1.165) is 0 Å². The molecule has 0 aliphatic carbocycles. The zero-order valence-electron chi connectivity index (χ0n) is 16.9. The molecule has 0 unspecified atom stereocenters. The molecule has 8 nitrogen and oxygen atoms in total. The number of phenolic OH excluding ortho intramolecular Hbond substituents is 2. The van der Waals surface area contributed by atoms with E-state index in [0.29, 0.717) is 16.7 Å². The number of esters is 1. The van der Waals surface area contributed by atoms with Crippen molar-refractivity contribution in [1.29, 1.82) is 5.26 Å². The van der Waals surface area contributed by atoms with Gasteiger partial charge in [-0.1, -0.05) is 24.3 Å². The molecule has 0 radical (unpaired) electrons. The Hall–Kier alpha value is -4.77. The number of ether oxygens (including phenoxy) is 1. The lowest BCUT2D eigenvalue weighted by atomic mass is 10.1.